The molecule has 0 aliphatic carbocycles. The molecular formula is C19H23ClN2O2S. The predicted molar refractivity (Wildman–Crippen MR) is 104 cm³/mol. The van der Waals surface area contributed by atoms with Crippen LogP contribution in [0.1, 0.15) is 11.1 Å². The number of anilines is 1. The van der Waals surface area contributed by atoms with E-state index in [-0.39, 0.29) is 5.75 Å². The molecule has 0 amide bonds. The van der Waals surface area contributed by atoms with Crippen LogP contribution in [0.5, 0.6) is 0 Å². The fraction of sp³-hybridized carbons (Fsp3) is 0.368. The van der Waals surface area contributed by atoms with Gasteiger partial charge < -0.3 is 4.90 Å². The van der Waals surface area contributed by atoms with Gasteiger partial charge in [0.2, 0.25) is 10.0 Å². The Bertz CT molecular complexity index is 817. The predicted octanol–water partition coefficient (Wildman–Crippen LogP) is 3.34. The number of nitrogens with zero attached hydrogens (tertiary/aromatic N) is 2. The molecule has 0 saturated carbocycles. The van der Waals surface area contributed by atoms with Crippen molar-refractivity contribution in [3.63, 3.8) is 0 Å². The third kappa shape index (κ3) is 4.54. The van der Waals surface area contributed by atoms with E-state index >= 15 is 0 Å². The molecule has 0 atom stereocenters. The Morgan fingerprint density at radius 3 is 2.36 bits per heavy atom. The van der Waals surface area contributed by atoms with Crippen LogP contribution < -0.4 is 4.90 Å². The van der Waals surface area contributed by atoms with Crippen molar-refractivity contribution in [3.05, 3.63) is 64.7 Å². The zero-order valence-corrected chi connectivity index (χ0v) is 15.9. The molecule has 0 N–H and O–H groups in total. The molecule has 6 heteroatoms. The average Bonchev–Trinajstić information content (AvgIpc) is 2.63. The second-order valence-corrected chi connectivity index (χ2v) is 8.89. The highest BCUT2D eigenvalue weighted by Gasteiger charge is 2.27. The molecule has 2 aromatic rings. The minimum atomic E-state index is -3.22. The lowest BCUT2D eigenvalue weighted by molar-refractivity contribution is 0.384. The van der Waals surface area contributed by atoms with E-state index in [9.17, 15) is 8.42 Å². The van der Waals surface area contributed by atoms with Gasteiger partial charge >= 0.3 is 0 Å². The van der Waals surface area contributed by atoms with Crippen molar-refractivity contribution in [1.29, 1.82) is 0 Å². The zero-order valence-electron chi connectivity index (χ0n) is 14.4. The Morgan fingerprint density at radius 1 is 1.00 bits per heavy atom. The first-order chi connectivity index (χ1) is 12.0. The smallest absolute Gasteiger partial charge is 0.214 e. The van der Waals surface area contributed by atoms with Crippen LogP contribution in [-0.4, -0.2) is 44.7 Å². The van der Waals surface area contributed by atoms with Gasteiger partial charge in [-0.15, -0.1) is 0 Å². The Morgan fingerprint density at radius 2 is 1.68 bits per heavy atom. The van der Waals surface area contributed by atoms with E-state index in [2.05, 4.69) is 11.8 Å². The summed E-state index contributed by atoms with van der Waals surface area (Å²) >= 11 is 6.10. The summed E-state index contributed by atoms with van der Waals surface area (Å²) in [6.45, 7) is 4.46. The van der Waals surface area contributed by atoms with Gasteiger partial charge in [0, 0.05) is 36.9 Å². The van der Waals surface area contributed by atoms with Gasteiger partial charge in [0.15, 0.2) is 0 Å². The lowest BCUT2D eigenvalue weighted by Gasteiger charge is -2.36. The highest BCUT2D eigenvalue weighted by Crippen LogP contribution is 2.25. The molecule has 1 fully saturated rings. The van der Waals surface area contributed by atoms with E-state index in [1.165, 1.54) is 0 Å². The monoisotopic (exact) mass is 378 g/mol. The summed E-state index contributed by atoms with van der Waals surface area (Å²) in [5.41, 5.74) is 3.30. The maximum absolute atomic E-state index is 12.6. The van der Waals surface area contributed by atoms with E-state index in [0.29, 0.717) is 37.6 Å². The third-order valence-electron chi connectivity index (χ3n) is 4.64. The molecule has 1 heterocycles. The lowest BCUT2D eigenvalue weighted by atomic mass is 10.1. The standard InChI is InChI=1S/C19H23ClN2O2S/c1-16-7-8-18(20)15-19(16)21-10-12-22(13-11-21)25(23,24)14-9-17-5-3-2-4-6-17/h2-8,15H,9-14H2,1H3. The number of rotatable bonds is 5. The highest BCUT2D eigenvalue weighted by atomic mass is 35.5. The van der Waals surface area contributed by atoms with Crippen molar-refractivity contribution in [2.24, 2.45) is 0 Å². The van der Waals surface area contributed by atoms with Crippen molar-refractivity contribution in [3.8, 4) is 0 Å². The van der Waals surface area contributed by atoms with E-state index in [1.54, 1.807) is 4.31 Å². The van der Waals surface area contributed by atoms with Gasteiger partial charge in [0.1, 0.15) is 0 Å². The number of halogens is 1. The molecule has 2 aromatic carbocycles. The number of sulfonamides is 1. The van der Waals surface area contributed by atoms with Crippen molar-refractivity contribution in [2.45, 2.75) is 13.3 Å². The van der Waals surface area contributed by atoms with Crippen LogP contribution in [-0.2, 0) is 16.4 Å². The Kier molecular flexibility index (Phi) is 5.67. The summed E-state index contributed by atoms with van der Waals surface area (Å²) in [5, 5.41) is 0.707. The maximum Gasteiger partial charge on any atom is 0.214 e. The molecule has 0 aromatic heterocycles. The summed E-state index contributed by atoms with van der Waals surface area (Å²) in [5.74, 6) is 0.160. The minimum Gasteiger partial charge on any atom is -0.369 e. The van der Waals surface area contributed by atoms with Crippen molar-refractivity contribution in [1.82, 2.24) is 4.31 Å². The van der Waals surface area contributed by atoms with Crippen molar-refractivity contribution in [2.75, 3.05) is 36.8 Å². The van der Waals surface area contributed by atoms with E-state index in [0.717, 1.165) is 16.8 Å². The fourth-order valence-electron chi connectivity index (χ4n) is 3.15. The van der Waals surface area contributed by atoms with E-state index in [1.807, 2.05) is 48.5 Å². The maximum atomic E-state index is 12.6. The minimum absolute atomic E-state index is 0.160. The highest BCUT2D eigenvalue weighted by molar-refractivity contribution is 7.89. The van der Waals surface area contributed by atoms with Crippen LogP contribution in [0, 0.1) is 6.92 Å². The molecule has 0 bridgehead atoms. The molecule has 134 valence electrons. The normalized spacial score (nSPS) is 16.2. The van der Waals surface area contributed by atoms with Crippen molar-refractivity contribution < 1.29 is 8.42 Å². The summed E-state index contributed by atoms with van der Waals surface area (Å²) in [6, 6.07) is 15.6. The van der Waals surface area contributed by atoms with Crippen LogP contribution in [0.15, 0.2) is 48.5 Å². The topological polar surface area (TPSA) is 40.6 Å². The largest absolute Gasteiger partial charge is 0.369 e. The summed E-state index contributed by atoms with van der Waals surface area (Å²) < 4.78 is 26.8. The van der Waals surface area contributed by atoms with Gasteiger partial charge in [-0.05, 0) is 36.6 Å². The lowest BCUT2D eigenvalue weighted by Crippen LogP contribution is -2.49. The van der Waals surface area contributed by atoms with Gasteiger partial charge in [-0.1, -0.05) is 48.0 Å². The van der Waals surface area contributed by atoms with Crippen molar-refractivity contribution >= 4 is 27.3 Å². The molecule has 3 rings (SSSR count). The molecule has 0 radical (unpaired) electrons. The zero-order chi connectivity index (χ0) is 17.9. The number of hydrogen-bond donors (Lipinski definition) is 0. The summed E-state index contributed by atoms with van der Waals surface area (Å²) in [6.07, 6.45) is 0.552. The van der Waals surface area contributed by atoms with Crippen LogP contribution in [0.2, 0.25) is 5.02 Å². The summed E-state index contributed by atoms with van der Waals surface area (Å²) in [7, 11) is -3.22. The molecule has 4 nitrogen and oxygen atoms in total. The Balaban J connectivity index is 1.60. The Hall–Kier alpha value is -1.56. The van der Waals surface area contributed by atoms with Crippen LogP contribution >= 0.6 is 11.6 Å². The van der Waals surface area contributed by atoms with Crippen LogP contribution in [0.25, 0.3) is 0 Å². The van der Waals surface area contributed by atoms with E-state index < -0.39 is 10.0 Å². The molecule has 0 unspecified atom stereocenters. The first-order valence-electron chi connectivity index (χ1n) is 8.48. The van der Waals surface area contributed by atoms with Gasteiger partial charge in [0.05, 0.1) is 5.75 Å². The van der Waals surface area contributed by atoms with E-state index in [4.69, 9.17) is 11.6 Å². The van der Waals surface area contributed by atoms with Gasteiger partial charge in [-0.3, -0.25) is 0 Å². The number of piperazine rings is 1. The first kappa shape index (κ1) is 18.2. The van der Waals surface area contributed by atoms with Gasteiger partial charge in [-0.25, -0.2) is 8.42 Å². The third-order valence-corrected chi connectivity index (χ3v) is 6.74. The number of hydrogen-bond acceptors (Lipinski definition) is 3. The Labute approximate surface area is 155 Å². The molecule has 0 spiro atoms. The molecular weight excluding hydrogens is 356 g/mol. The molecule has 1 saturated heterocycles. The van der Waals surface area contributed by atoms with Gasteiger partial charge in [0.25, 0.3) is 0 Å². The van der Waals surface area contributed by atoms with Crippen LogP contribution in [0.4, 0.5) is 5.69 Å². The quantitative estimate of drug-likeness (QED) is 0.801. The second-order valence-electron chi connectivity index (χ2n) is 6.37. The number of benzene rings is 2. The van der Waals surface area contributed by atoms with Gasteiger partial charge in [-0.2, -0.15) is 4.31 Å². The fourth-order valence-corrected chi connectivity index (χ4v) is 4.79. The first-order valence-corrected chi connectivity index (χ1v) is 10.5. The molecule has 1 aliphatic heterocycles. The van der Waals surface area contributed by atoms with Crippen LogP contribution in [0.3, 0.4) is 0 Å². The average molecular weight is 379 g/mol. The summed E-state index contributed by atoms with van der Waals surface area (Å²) in [4.78, 5) is 2.21. The molecule has 1 aliphatic rings. The SMILES string of the molecule is Cc1ccc(Cl)cc1N1CCN(S(=O)(=O)CCc2ccccc2)CC1. The number of aryl methyl sites for hydroxylation is 2. The second kappa shape index (κ2) is 7.77. The molecule has 25 heavy (non-hydrogen) atoms.